The second-order valence-electron chi connectivity index (χ2n) is 6.63. The van der Waals surface area contributed by atoms with Crippen molar-refractivity contribution in [2.75, 3.05) is 0 Å². The van der Waals surface area contributed by atoms with Crippen LogP contribution in [0.5, 0.6) is 0 Å². The first-order chi connectivity index (χ1) is 10.0. The van der Waals surface area contributed by atoms with Crippen LogP contribution in [0.25, 0.3) is 0 Å². The molecule has 1 aliphatic rings. The smallest absolute Gasteiger partial charge is 0.129 e. The lowest BCUT2D eigenvalue weighted by atomic mass is 9.74. The molecule has 1 aromatic rings. The van der Waals surface area contributed by atoms with E-state index < -0.39 is 11.6 Å². The molecule has 1 aliphatic carbocycles. The highest BCUT2D eigenvalue weighted by Gasteiger charge is 2.28. The van der Waals surface area contributed by atoms with Crippen LogP contribution in [-0.2, 0) is 6.42 Å². The molecule has 0 aromatic heterocycles. The van der Waals surface area contributed by atoms with E-state index in [-0.39, 0.29) is 6.04 Å². The van der Waals surface area contributed by atoms with Crippen molar-refractivity contribution in [1.29, 1.82) is 0 Å². The fourth-order valence-corrected chi connectivity index (χ4v) is 3.50. The molecule has 0 spiro atoms. The summed E-state index contributed by atoms with van der Waals surface area (Å²) >= 11 is 0. The molecule has 1 fully saturated rings. The van der Waals surface area contributed by atoms with Gasteiger partial charge < -0.3 is 0 Å². The number of halogens is 2. The van der Waals surface area contributed by atoms with Crippen molar-refractivity contribution >= 4 is 0 Å². The molecule has 3 N–H and O–H groups in total. The minimum Gasteiger partial charge on any atom is -0.271 e. The van der Waals surface area contributed by atoms with E-state index >= 15 is 0 Å². The molecule has 0 bridgehead atoms. The predicted octanol–water partition coefficient (Wildman–Crippen LogP) is 3.80. The summed E-state index contributed by atoms with van der Waals surface area (Å²) in [5.41, 5.74) is 3.38. The number of hydrazine groups is 1. The lowest BCUT2D eigenvalue weighted by Gasteiger charge is -2.35. The summed E-state index contributed by atoms with van der Waals surface area (Å²) in [6.45, 7) is 4.55. The average Bonchev–Trinajstić information content (AvgIpc) is 2.47. The summed E-state index contributed by atoms with van der Waals surface area (Å²) in [5, 5.41) is 0. The molecule has 2 nitrogen and oxygen atoms in total. The maximum absolute atomic E-state index is 13.8. The third-order valence-corrected chi connectivity index (χ3v) is 5.00. The van der Waals surface area contributed by atoms with Crippen LogP contribution in [0.2, 0.25) is 0 Å². The fraction of sp³-hybridized carbons (Fsp3) is 0.647. The monoisotopic (exact) mass is 296 g/mol. The molecule has 0 radical (unpaired) electrons. The van der Waals surface area contributed by atoms with Crippen molar-refractivity contribution in [1.82, 2.24) is 5.43 Å². The van der Waals surface area contributed by atoms with Crippen molar-refractivity contribution in [2.24, 2.45) is 23.6 Å². The highest BCUT2D eigenvalue weighted by atomic mass is 19.1. The van der Waals surface area contributed by atoms with Gasteiger partial charge in [-0.15, -0.1) is 0 Å². The third-order valence-electron chi connectivity index (χ3n) is 5.00. The van der Waals surface area contributed by atoms with Crippen LogP contribution in [-0.4, -0.2) is 6.04 Å². The van der Waals surface area contributed by atoms with E-state index in [1.807, 2.05) is 0 Å². The Hall–Kier alpha value is -1.00. The van der Waals surface area contributed by atoms with E-state index in [0.717, 1.165) is 30.7 Å². The van der Waals surface area contributed by atoms with Gasteiger partial charge in [0, 0.05) is 12.1 Å². The lowest BCUT2D eigenvalue weighted by Crippen LogP contribution is -2.44. The summed E-state index contributed by atoms with van der Waals surface area (Å²) in [6, 6.07) is 3.83. The van der Waals surface area contributed by atoms with Gasteiger partial charge in [-0.3, -0.25) is 11.3 Å². The van der Waals surface area contributed by atoms with Crippen molar-refractivity contribution in [3.8, 4) is 0 Å². The van der Waals surface area contributed by atoms with E-state index in [4.69, 9.17) is 5.84 Å². The molecule has 0 amide bonds. The van der Waals surface area contributed by atoms with Crippen LogP contribution in [0.3, 0.4) is 0 Å². The molecule has 21 heavy (non-hydrogen) atoms. The SMILES string of the molecule is CC(C)C1CCC(C(Cc2ccc(F)cc2F)NN)CC1. The van der Waals surface area contributed by atoms with Crippen LogP contribution in [0.1, 0.15) is 45.1 Å². The van der Waals surface area contributed by atoms with Gasteiger partial charge in [-0.2, -0.15) is 0 Å². The Labute approximate surface area is 126 Å². The van der Waals surface area contributed by atoms with Crippen LogP contribution in [0.4, 0.5) is 8.78 Å². The van der Waals surface area contributed by atoms with Gasteiger partial charge in [0.2, 0.25) is 0 Å². The minimum atomic E-state index is -0.536. The summed E-state index contributed by atoms with van der Waals surface area (Å²) in [6.07, 6.45) is 5.19. The molecule has 0 heterocycles. The largest absolute Gasteiger partial charge is 0.271 e. The Balaban J connectivity index is 1.97. The molecular weight excluding hydrogens is 270 g/mol. The van der Waals surface area contributed by atoms with E-state index in [1.165, 1.54) is 25.0 Å². The van der Waals surface area contributed by atoms with Gasteiger partial charge >= 0.3 is 0 Å². The summed E-state index contributed by atoms with van der Waals surface area (Å²) < 4.78 is 26.7. The van der Waals surface area contributed by atoms with Gasteiger partial charge in [0.1, 0.15) is 11.6 Å². The third kappa shape index (κ3) is 4.24. The quantitative estimate of drug-likeness (QED) is 0.640. The summed E-state index contributed by atoms with van der Waals surface area (Å²) in [7, 11) is 0. The minimum absolute atomic E-state index is 0.0538. The standard InChI is InChI=1S/C17H26F2N2/c1-11(2)12-3-5-13(6-4-12)17(21-20)9-14-7-8-15(18)10-16(14)19/h7-8,10-13,17,21H,3-6,9,20H2,1-2H3. The molecule has 1 unspecified atom stereocenters. The number of benzene rings is 1. The molecule has 118 valence electrons. The van der Waals surface area contributed by atoms with E-state index in [9.17, 15) is 8.78 Å². The Morgan fingerprint density at radius 3 is 2.29 bits per heavy atom. The Bertz CT molecular complexity index is 454. The highest BCUT2D eigenvalue weighted by Crippen LogP contribution is 2.35. The van der Waals surface area contributed by atoms with Crippen LogP contribution >= 0.6 is 0 Å². The summed E-state index contributed by atoms with van der Waals surface area (Å²) in [5.74, 6) is 6.65. The molecule has 1 saturated carbocycles. The van der Waals surface area contributed by atoms with Gasteiger partial charge in [-0.1, -0.05) is 19.9 Å². The van der Waals surface area contributed by atoms with Crippen LogP contribution in [0, 0.1) is 29.4 Å². The van der Waals surface area contributed by atoms with Crippen molar-refractivity contribution in [2.45, 2.75) is 52.0 Å². The molecule has 2 rings (SSSR count). The maximum Gasteiger partial charge on any atom is 0.129 e. The molecular formula is C17H26F2N2. The average molecular weight is 296 g/mol. The maximum atomic E-state index is 13.8. The fourth-order valence-electron chi connectivity index (χ4n) is 3.50. The zero-order valence-electron chi connectivity index (χ0n) is 12.9. The van der Waals surface area contributed by atoms with E-state index in [1.54, 1.807) is 0 Å². The van der Waals surface area contributed by atoms with Crippen molar-refractivity contribution in [3.05, 3.63) is 35.4 Å². The summed E-state index contributed by atoms with van der Waals surface area (Å²) in [4.78, 5) is 0. The van der Waals surface area contributed by atoms with Crippen molar-refractivity contribution in [3.63, 3.8) is 0 Å². The second-order valence-corrected chi connectivity index (χ2v) is 6.63. The number of hydrogen-bond acceptors (Lipinski definition) is 2. The molecule has 0 aliphatic heterocycles. The molecule has 4 heteroatoms. The number of rotatable bonds is 5. The zero-order chi connectivity index (χ0) is 15.4. The normalized spacial score (nSPS) is 24.3. The van der Waals surface area contributed by atoms with Gasteiger partial charge in [-0.05, 0) is 61.5 Å². The molecule has 0 saturated heterocycles. The number of hydrogen-bond donors (Lipinski definition) is 2. The first kappa shape index (κ1) is 16.4. The van der Waals surface area contributed by atoms with Crippen molar-refractivity contribution < 1.29 is 8.78 Å². The van der Waals surface area contributed by atoms with E-state index in [0.29, 0.717) is 17.9 Å². The van der Waals surface area contributed by atoms with Crippen LogP contribution in [0.15, 0.2) is 18.2 Å². The lowest BCUT2D eigenvalue weighted by molar-refractivity contribution is 0.187. The highest BCUT2D eigenvalue weighted by molar-refractivity contribution is 5.19. The zero-order valence-corrected chi connectivity index (χ0v) is 12.9. The molecule has 1 atom stereocenters. The van der Waals surface area contributed by atoms with Gasteiger partial charge in [-0.25, -0.2) is 8.78 Å². The molecule has 1 aromatic carbocycles. The number of nitrogens with one attached hydrogen (secondary N) is 1. The Morgan fingerprint density at radius 1 is 1.14 bits per heavy atom. The topological polar surface area (TPSA) is 38.0 Å². The van der Waals surface area contributed by atoms with Gasteiger partial charge in [0.15, 0.2) is 0 Å². The Kier molecular flexibility index (Phi) is 5.71. The number of nitrogens with two attached hydrogens (primary N) is 1. The van der Waals surface area contributed by atoms with E-state index in [2.05, 4.69) is 19.3 Å². The van der Waals surface area contributed by atoms with Gasteiger partial charge in [0.25, 0.3) is 0 Å². The van der Waals surface area contributed by atoms with Crippen LogP contribution < -0.4 is 11.3 Å². The first-order valence-electron chi connectivity index (χ1n) is 7.91. The second kappa shape index (κ2) is 7.32. The Morgan fingerprint density at radius 2 is 1.76 bits per heavy atom. The predicted molar refractivity (Wildman–Crippen MR) is 81.5 cm³/mol. The first-order valence-corrected chi connectivity index (χ1v) is 7.91. The van der Waals surface area contributed by atoms with Gasteiger partial charge in [0.05, 0.1) is 0 Å².